The monoisotopic (exact) mass is 404 g/mol. The summed E-state index contributed by atoms with van der Waals surface area (Å²) in [5, 5.41) is 2.71. The molecule has 28 heavy (non-hydrogen) atoms. The first-order valence-corrected chi connectivity index (χ1v) is 9.71. The zero-order chi connectivity index (χ0) is 20.4. The lowest BCUT2D eigenvalue weighted by Crippen LogP contribution is -2.52. The molecule has 1 atom stereocenters. The van der Waals surface area contributed by atoms with Gasteiger partial charge < -0.3 is 14.2 Å². The first-order valence-electron chi connectivity index (χ1n) is 9.33. The Morgan fingerprint density at radius 2 is 1.79 bits per heavy atom. The fraction of sp³-hybridized carbons (Fsp3) is 0.526. The number of imide groups is 1. The van der Waals surface area contributed by atoms with Crippen molar-refractivity contribution < 1.29 is 23.7 Å². The molecule has 2 saturated heterocycles. The first kappa shape index (κ1) is 19.4. The van der Waals surface area contributed by atoms with Crippen LogP contribution in [0.2, 0.25) is 5.02 Å². The van der Waals surface area contributed by atoms with Crippen molar-refractivity contribution in [1.82, 2.24) is 10.2 Å². The molecular weight excluding hydrogens is 382 g/mol. The molecule has 1 N–H and O–H groups in total. The summed E-state index contributed by atoms with van der Waals surface area (Å²) in [4.78, 5) is 37.9. The van der Waals surface area contributed by atoms with E-state index in [2.05, 4.69) is 5.32 Å². The summed E-state index contributed by atoms with van der Waals surface area (Å²) in [6.45, 7) is 8.06. The van der Waals surface area contributed by atoms with E-state index in [1.807, 2.05) is 27.7 Å². The zero-order valence-corrected chi connectivity index (χ0v) is 17.1. The lowest BCUT2D eigenvalue weighted by atomic mass is 9.77. The third-order valence-electron chi connectivity index (χ3n) is 6.19. The molecule has 1 aromatic rings. The SMILES string of the molecule is CC1(C)OB(c2ccc3c(c2Cl)CN(C2CCC(=O)NC2=O)C3=O)OC1(C)C. The minimum atomic E-state index is -0.672. The number of fused-ring (bicyclic) bond motifs is 1. The number of carbonyl (C=O) groups excluding carboxylic acids is 3. The number of nitrogens with one attached hydrogen (secondary N) is 1. The van der Waals surface area contributed by atoms with Crippen molar-refractivity contribution in [3.05, 3.63) is 28.3 Å². The smallest absolute Gasteiger partial charge is 0.399 e. The van der Waals surface area contributed by atoms with Gasteiger partial charge in [0.2, 0.25) is 11.8 Å². The molecule has 7 nitrogen and oxygen atoms in total. The number of benzene rings is 1. The number of amides is 3. The van der Waals surface area contributed by atoms with Crippen molar-refractivity contribution >= 4 is 41.9 Å². The number of carbonyl (C=O) groups is 3. The molecule has 3 heterocycles. The van der Waals surface area contributed by atoms with Crippen molar-refractivity contribution in [2.75, 3.05) is 0 Å². The number of piperidine rings is 1. The first-order chi connectivity index (χ1) is 13.0. The second kappa shape index (κ2) is 6.30. The van der Waals surface area contributed by atoms with Crippen LogP contribution in [-0.4, -0.2) is 47.0 Å². The van der Waals surface area contributed by atoms with Gasteiger partial charge in [0, 0.05) is 34.6 Å². The molecule has 0 aromatic heterocycles. The lowest BCUT2D eigenvalue weighted by Gasteiger charge is -2.32. The Morgan fingerprint density at radius 1 is 1.14 bits per heavy atom. The van der Waals surface area contributed by atoms with Crippen LogP contribution >= 0.6 is 11.6 Å². The predicted molar refractivity (Wildman–Crippen MR) is 103 cm³/mol. The molecule has 3 aliphatic rings. The normalized spacial score (nSPS) is 25.9. The minimum absolute atomic E-state index is 0.212. The highest BCUT2D eigenvalue weighted by Crippen LogP contribution is 2.38. The van der Waals surface area contributed by atoms with Gasteiger partial charge in [0.15, 0.2) is 0 Å². The second-order valence-corrected chi connectivity index (χ2v) is 8.86. The highest BCUT2D eigenvalue weighted by Gasteiger charge is 2.53. The average Bonchev–Trinajstić information content (AvgIpc) is 3.02. The van der Waals surface area contributed by atoms with Crippen LogP contribution in [0.3, 0.4) is 0 Å². The Morgan fingerprint density at radius 3 is 2.39 bits per heavy atom. The molecule has 3 aliphatic heterocycles. The zero-order valence-electron chi connectivity index (χ0n) is 16.3. The number of nitrogens with zero attached hydrogens (tertiary/aromatic N) is 1. The van der Waals surface area contributed by atoms with Gasteiger partial charge in [-0.25, -0.2) is 0 Å². The van der Waals surface area contributed by atoms with E-state index in [1.165, 1.54) is 4.90 Å². The molecular formula is C19H22BClN2O5. The molecule has 0 aliphatic carbocycles. The average molecular weight is 405 g/mol. The Labute approximate surface area is 168 Å². The van der Waals surface area contributed by atoms with Gasteiger partial charge in [0.1, 0.15) is 6.04 Å². The van der Waals surface area contributed by atoms with Crippen LogP contribution in [0.15, 0.2) is 12.1 Å². The molecule has 4 rings (SSSR count). The number of rotatable bonds is 2. The maximum atomic E-state index is 12.9. The molecule has 9 heteroatoms. The molecule has 148 valence electrons. The van der Waals surface area contributed by atoms with Crippen molar-refractivity contribution in [2.45, 2.75) is 64.3 Å². The summed E-state index contributed by atoms with van der Waals surface area (Å²) < 4.78 is 12.2. The summed E-state index contributed by atoms with van der Waals surface area (Å²) >= 11 is 6.66. The molecule has 1 unspecified atom stereocenters. The minimum Gasteiger partial charge on any atom is -0.399 e. The lowest BCUT2D eigenvalue weighted by molar-refractivity contribution is -0.136. The highest BCUT2D eigenvalue weighted by atomic mass is 35.5. The molecule has 3 amide bonds. The maximum Gasteiger partial charge on any atom is 0.496 e. The van der Waals surface area contributed by atoms with Gasteiger partial charge in [-0.15, -0.1) is 0 Å². The van der Waals surface area contributed by atoms with E-state index in [4.69, 9.17) is 20.9 Å². The van der Waals surface area contributed by atoms with Crippen LogP contribution in [0.4, 0.5) is 0 Å². The topological polar surface area (TPSA) is 84.9 Å². The van der Waals surface area contributed by atoms with Crippen LogP contribution in [0, 0.1) is 0 Å². The summed E-state index contributed by atoms with van der Waals surface area (Å²) in [6.07, 6.45) is 0.523. The van der Waals surface area contributed by atoms with Crippen molar-refractivity contribution in [3.63, 3.8) is 0 Å². The van der Waals surface area contributed by atoms with E-state index in [-0.39, 0.29) is 24.8 Å². The van der Waals surface area contributed by atoms with E-state index >= 15 is 0 Å². The van der Waals surface area contributed by atoms with E-state index < -0.39 is 30.3 Å². The van der Waals surface area contributed by atoms with Crippen molar-refractivity contribution in [3.8, 4) is 0 Å². The summed E-state index contributed by atoms with van der Waals surface area (Å²) in [5.74, 6) is -1.02. The Bertz CT molecular complexity index is 885. The molecule has 0 saturated carbocycles. The fourth-order valence-electron chi connectivity index (χ4n) is 3.77. The van der Waals surface area contributed by atoms with Crippen LogP contribution in [-0.2, 0) is 25.4 Å². The van der Waals surface area contributed by atoms with E-state index in [0.29, 0.717) is 28.0 Å². The van der Waals surface area contributed by atoms with Gasteiger partial charge in [-0.3, -0.25) is 19.7 Å². The van der Waals surface area contributed by atoms with Gasteiger partial charge >= 0.3 is 7.12 Å². The molecule has 1 aromatic carbocycles. The van der Waals surface area contributed by atoms with Gasteiger partial charge in [-0.1, -0.05) is 17.7 Å². The Hall–Kier alpha value is -1.90. The molecule has 0 bridgehead atoms. The Kier molecular flexibility index (Phi) is 4.37. The Balaban J connectivity index is 1.63. The predicted octanol–water partition coefficient (Wildman–Crippen LogP) is 1.40. The largest absolute Gasteiger partial charge is 0.496 e. The summed E-state index contributed by atoms with van der Waals surface area (Å²) in [7, 11) is -0.637. The number of hydrogen-bond acceptors (Lipinski definition) is 5. The quantitative estimate of drug-likeness (QED) is 0.595. The van der Waals surface area contributed by atoms with Crippen LogP contribution < -0.4 is 10.8 Å². The van der Waals surface area contributed by atoms with E-state index in [9.17, 15) is 14.4 Å². The molecule has 2 fully saturated rings. The molecule has 0 radical (unpaired) electrons. The number of hydrogen-bond donors (Lipinski definition) is 1. The van der Waals surface area contributed by atoms with Crippen LogP contribution in [0.1, 0.15) is 56.5 Å². The van der Waals surface area contributed by atoms with Gasteiger partial charge in [0.05, 0.1) is 11.2 Å². The van der Waals surface area contributed by atoms with Crippen molar-refractivity contribution in [2.24, 2.45) is 0 Å². The van der Waals surface area contributed by atoms with Crippen molar-refractivity contribution in [1.29, 1.82) is 0 Å². The fourth-order valence-corrected chi connectivity index (χ4v) is 4.09. The van der Waals surface area contributed by atoms with Gasteiger partial charge in [-0.05, 0) is 40.2 Å². The molecule has 0 spiro atoms. The van der Waals surface area contributed by atoms with E-state index in [1.54, 1.807) is 12.1 Å². The summed E-state index contributed by atoms with van der Waals surface area (Å²) in [5.41, 5.74) is 0.777. The third-order valence-corrected chi connectivity index (χ3v) is 6.63. The third kappa shape index (κ3) is 2.86. The maximum absolute atomic E-state index is 12.9. The van der Waals surface area contributed by atoms with Gasteiger partial charge in [0.25, 0.3) is 5.91 Å². The van der Waals surface area contributed by atoms with Gasteiger partial charge in [-0.2, -0.15) is 0 Å². The second-order valence-electron chi connectivity index (χ2n) is 8.48. The van der Waals surface area contributed by atoms with Crippen LogP contribution in [0.5, 0.6) is 0 Å². The standard InChI is InChI=1S/C19H22BClN2O5/c1-18(2)19(3,4)28-20(27-18)12-6-5-10-11(15(12)21)9-23(17(10)26)13-7-8-14(24)22-16(13)25/h5-6,13H,7-9H2,1-4H3,(H,22,24,25). The number of halogens is 1. The summed E-state index contributed by atoms with van der Waals surface area (Å²) in [6, 6.07) is 2.78. The van der Waals surface area contributed by atoms with Crippen LogP contribution in [0.25, 0.3) is 0 Å². The highest BCUT2D eigenvalue weighted by molar-refractivity contribution is 6.66. The van der Waals surface area contributed by atoms with E-state index in [0.717, 1.165) is 0 Å².